The molecule has 0 spiro atoms. The topological polar surface area (TPSA) is 63.2 Å². The van der Waals surface area contributed by atoms with Crippen molar-refractivity contribution in [2.75, 3.05) is 0 Å². The van der Waals surface area contributed by atoms with Gasteiger partial charge in [-0.2, -0.15) is 0 Å². The van der Waals surface area contributed by atoms with Crippen molar-refractivity contribution in [3.8, 4) is 0 Å². The Balaban J connectivity index is 2.56. The zero-order valence-electron chi connectivity index (χ0n) is 15.3. The fourth-order valence-corrected chi connectivity index (χ4v) is 4.98. The third-order valence-electron chi connectivity index (χ3n) is 4.03. The quantitative estimate of drug-likeness (QED) is 0.808. The Bertz CT molecular complexity index is 865. The molecule has 0 aliphatic rings. The molecule has 1 N–H and O–H groups in total. The van der Waals surface area contributed by atoms with Crippen LogP contribution in [0, 0.1) is 0 Å². The van der Waals surface area contributed by atoms with Gasteiger partial charge in [-0.3, -0.25) is 0 Å². The zero-order chi connectivity index (χ0) is 19.6. The Morgan fingerprint density at radius 3 is 1.85 bits per heavy atom. The largest absolute Gasteiger partial charge is 0.242 e. The molecule has 2 rings (SSSR count). The summed E-state index contributed by atoms with van der Waals surface area (Å²) in [5, 5.41) is 0. The molecule has 1 unspecified atom stereocenters. The molecular weight excluding hydrogens is 373 g/mol. The number of hydrogen-bond acceptors (Lipinski definition) is 3. The van der Waals surface area contributed by atoms with Gasteiger partial charge in [0.25, 0.3) is 0 Å². The normalized spacial score (nSPS) is 17.3. The third kappa shape index (κ3) is 4.22. The fraction of sp³-hybridized carbons (Fsp3) is 0.368. The van der Waals surface area contributed by atoms with Crippen LogP contribution in [0.15, 0.2) is 65.6 Å². The van der Waals surface area contributed by atoms with Crippen molar-refractivity contribution in [3.63, 3.8) is 0 Å². The lowest BCUT2D eigenvalue weighted by Crippen LogP contribution is -2.54. The van der Waals surface area contributed by atoms with E-state index in [9.17, 15) is 12.6 Å². The van der Waals surface area contributed by atoms with Crippen LogP contribution in [-0.4, -0.2) is 22.9 Å². The first kappa shape index (κ1) is 20.7. The number of nitrogens with one attached hydrogen (secondary N) is 1. The summed E-state index contributed by atoms with van der Waals surface area (Å²) in [5.74, 6) is 0. The van der Waals surface area contributed by atoms with Crippen LogP contribution in [0.1, 0.15) is 33.3 Å². The summed E-state index contributed by atoms with van der Waals surface area (Å²) < 4.78 is 56.0. The van der Waals surface area contributed by atoms with E-state index in [1.165, 1.54) is 19.1 Å². The van der Waals surface area contributed by atoms with Crippen molar-refractivity contribution in [2.24, 2.45) is 0 Å². The van der Waals surface area contributed by atoms with Gasteiger partial charge in [-0.05, 0) is 45.4 Å². The molecule has 7 heteroatoms. The van der Waals surface area contributed by atoms with Gasteiger partial charge in [-0.15, -0.1) is 0 Å². The minimum absolute atomic E-state index is 0.113. The minimum Gasteiger partial charge on any atom is -0.242 e. The Hall–Kier alpha value is -1.57. The second-order valence-corrected chi connectivity index (χ2v) is 11.2. The molecule has 0 aliphatic carbocycles. The predicted octanol–water partition coefficient (Wildman–Crippen LogP) is 3.72. The van der Waals surface area contributed by atoms with Gasteiger partial charge in [-0.25, -0.2) is 21.7 Å². The van der Waals surface area contributed by atoms with Crippen molar-refractivity contribution in [1.82, 2.24) is 4.72 Å². The highest BCUT2D eigenvalue weighted by Crippen LogP contribution is 2.35. The molecule has 0 aliphatic heterocycles. The van der Waals surface area contributed by atoms with Crippen LogP contribution in [0.4, 0.5) is 4.39 Å². The molecule has 0 amide bonds. The van der Waals surface area contributed by atoms with Gasteiger partial charge in [0.1, 0.15) is 0 Å². The molecule has 3 atom stereocenters. The maximum atomic E-state index is 15.6. The maximum absolute atomic E-state index is 15.6. The highest BCUT2D eigenvalue weighted by molar-refractivity contribution is 7.92. The summed E-state index contributed by atoms with van der Waals surface area (Å²) >= 11 is 0. The molecule has 4 nitrogen and oxygen atoms in total. The number of rotatable bonds is 6. The van der Waals surface area contributed by atoms with Gasteiger partial charge >= 0.3 is 0 Å². The van der Waals surface area contributed by atoms with Crippen molar-refractivity contribution in [1.29, 1.82) is 0 Å². The van der Waals surface area contributed by atoms with E-state index in [0.717, 1.165) is 0 Å². The standard InChI is InChI=1S/C19H24FNO3S2/c1-18(2,3)25(22)21-19(4,15-11-7-5-8-12-15)17(20)26(23,24)16-13-9-6-10-14-16/h5-14,17,21H,1-4H3/t17-,19-,25?/m1/s1. The average Bonchev–Trinajstić information content (AvgIpc) is 2.61. The summed E-state index contributed by atoms with van der Waals surface area (Å²) in [6, 6.07) is 15.8. The second kappa shape index (κ2) is 7.58. The summed E-state index contributed by atoms with van der Waals surface area (Å²) in [6.45, 7) is 6.64. The summed E-state index contributed by atoms with van der Waals surface area (Å²) in [4.78, 5) is -0.113. The highest BCUT2D eigenvalue weighted by atomic mass is 32.2. The number of hydrogen-bond donors (Lipinski definition) is 1. The van der Waals surface area contributed by atoms with E-state index in [-0.39, 0.29) is 4.90 Å². The van der Waals surface area contributed by atoms with Crippen LogP contribution in [0.25, 0.3) is 0 Å². The molecule has 0 saturated heterocycles. The molecular formula is C19H24FNO3S2. The van der Waals surface area contributed by atoms with Crippen molar-refractivity contribution in [2.45, 2.75) is 48.4 Å². The summed E-state index contributed by atoms with van der Waals surface area (Å²) in [5.41, 5.74) is -3.61. The molecule has 0 heterocycles. The Labute approximate surface area is 157 Å². The highest BCUT2D eigenvalue weighted by Gasteiger charge is 2.47. The molecule has 0 saturated carbocycles. The first-order valence-corrected chi connectivity index (χ1v) is 10.9. The molecule has 142 valence electrons. The van der Waals surface area contributed by atoms with Crippen molar-refractivity contribution < 1.29 is 17.0 Å². The number of benzene rings is 2. The van der Waals surface area contributed by atoms with Gasteiger partial charge in [-0.1, -0.05) is 48.5 Å². The van der Waals surface area contributed by atoms with Gasteiger partial charge in [0.05, 0.1) is 26.2 Å². The Morgan fingerprint density at radius 1 is 0.923 bits per heavy atom. The van der Waals surface area contributed by atoms with Crippen LogP contribution in [0.5, 0.6) is 0 Å². The van der Waals surface area contributed by atoms with E-state index >= 15 is 4.39 Å². The van der Waals surface area contributed by atoms with Crippen molar-refractivity contribution >= 4 is 20.8 Å². The molecule has 0 aromatic heterocycles. The van der Waals surface area contributed by atoms with Gasteiger partial charge in [0.15, 0.2) is 0 Å². The number of sulfone groups is 1. The van der Waals surface area contributed by atoms with Crippen LogP contribution in [0.2, 0.25) is 0 Å². The van der Waals surface area contributed by atoms with E-state index in [1.54, 1.807) is 69.3 Å². The zero-order valence-corrected chi connectivity index (χ0v) is 16.9. The fourth-order valence-electron chi connectivity index (χ4n) is 2.41. The lowest BCUT2D eigenvalue weighted by molar-refractivity contribution is 0.261. The van der Waals surface area contributed by atoms with Crippen molar-refractivity contribution in [3.05, 3.63) is 66.2 Å². The molecule has 2 aromatic carbocycles. The lowest BCUT2D eigenvalue weighted by atomic mass is 9.94. The summed E-state index contributed by atoms with van der Waals surface area (Å²) in [7, 11) is -5.97. The average molecular weight is 398 g/mol. The Morgan fingerprint density at radius 2 is 1.38 bits per heavy atom. The second-order valence-electron chi connectivity index (χ2n) is 7.23. The van der Waals surface area contributed by atoms with Gasteiger partial charge < -0.3 is 0 Å². The molecule has 26 heavy (non-hydrogen) atoms. The lowest BCUT2D eigenvalue weighted by Gasteiger charge is -2.36. The van der Waals surface area contributed by atoms with Crippen LogP contribution in [0.3, 0.4) is 0 Å². The predicted molar refractivity (Wildman–Crippen MR) is 103 cm³/mol. The van der Waals surface area contributed by atoms with Crippen LogP contribution in [-0.2, 0) is 26.4 Å². The van der Waals surface area contributed by atoms with E-state index in [2.05, 4.69) is 4.72 Å². The first-order valence-electron chi connectivity index (χ1n) is 8.18. The molecule has 0 radical (unpaired) electrons. The van der Waals surface area contributed by atoms with E-state index < -0.39 is 36.6 Å². The van der Waals surface area contributed by atoms with Gasteiger partial charge in [0.2, 0.25) is 15.3 Å². The Kier molecular flexibility index (Phi) is 6.05. The smallest absolute Gasteiger partial charge is 0.227 e. The van der Waals surface area contributed by atoms with E-state index in [1.807, 2.05) is 0 Å². The third-order valence-corrected chi connectivity index (χ3v) is 7.70. The maximum Gasteiger partial charge on any atom is 0.227 e. The van der Waals surface area contributed by atoms with Gasteiger partial charge in [0, 0.05) is 0 Å². The van der Waals surface area contributed by atoms with E-state index in [0.29, 0.717) is 5.56 Å². The van der Waals surface area contributed by atoms with Crippen LogP contribution >= 0.6 is 0 Å². The number of alkyl halides is 1. The SMILES string of the molecule is CC(C)(C)S(=O)N[C@](C)(c1ccccc1)[C@H](F)S(=O)(=O)c1ccccc1. The van der Waals surface area contributed by atoms with Crippen LogP contribution < -0.4 is 4.72 Å². The first-order chi connectivity index (χ1) is 12.0. The molecule has 0 bridgehead atoms. The monoisotopic (exact) mass is 397 g/mol. The van der Waals surface area contributed by atoms with E-state index in [4.69, 9.17) is 0 Å². The molecule has 2 aromatic rings. The molecule has 0 fully saturated rings. The summed E-state index contributed by atoms with van der Waals surface area (Å²) in [6.07, 6.45) is 0. The number of halogens is 1. The minimum atomic E-state index is -4.30.